The molecule has 0 bridgehead atoms. The van der Waals surface area contributed by atoms with Crippen molar-refractivity contribution in [3.8, 4) is 0 Å². The van der Waals surface area contributed by atoms with Gasteiger partial charge >= 0.3 is 24.6 Å². The zero-order chi connectivity index (χ0) is 24.2. The van der Waals surface area contributed by atoms with Crippen LogP contribution in [0, 0.1) is 6.92 Å². The number of aromatic nitrogens is 1. The Kier molecular flexibility index (Phi) is 5.67. The molecule has 3 rings (SSSR count). The Labute approximate surface area is 175 Å². The van der Waals surface area contributed by atoms with Gasteiger partial charge in [-0.1, -0.05) is 0 Å². The monoisotopic (exact) mass is 474 g/mol. The number of amides is 1. The lowest BCUT2D eigenvalue weighted by Crippen LogP contribution is -2.32. The third kappa shape index (κ3) is 4.65. The Morgan fingerprint density at radius 3 is 1.91 bits per heavy atom. The summed E-state index contributed by atoms with van der Waals surface area (Å²) in [6.45, 7) is 1.98. The second kappa shape index (κ2) is 7.62. The molecule has 1 aliphatic rings. The standard InChI is InChI=1S/C19H15F9N2O2/c1-8-3-13(19(26,27)28)14(29-8)7-30-9(2)15(32-16(30)31)10-4-11(17(20,21)22)6-12(5-10)18(23,24)25/h3-6,9,15,29H,7H2,1-2H3. The summed E-state index contributed by atoms with van der Waals surface area (Å²) in [5, 5.41) is 0. The maximum atomic E-state index is 13.2. The maximum Gasteiger partial charge on any atom is 0.418 e. The molecule has 1 amide bonds. The molecule has 0 saturated carbocycles. The first-order valence-electron chi connectivity index (χ1n) is 9.01. The largest absolute Gasteiger partial charge is 0.439 e. The summed E-state index contributed by atoms with van der Waals surface area (Å²) in [7, 11) is 0. The number of hydrogen-bond donors (Lipinski definition) is 1. The van der Waals surface area contributed by atoms with E-state index in [1.54, 1.807) is 0 Å². The molecule has 1 fully saturated rings. The van der Waals surface area contributed by atoms with Gasteiger partial charge in [-0.05, 0) is 43.7 Å². The fourth-order valence-corrected chi connectivity index (χ4v) is 3.50. The quantitative estimate of drug-likeness (QED) is 0.519. The number of H-pyrrole nitrogens is 1. The molecule has 1 aromatic heterocycles. The minimum absolute atomic E-state index is 0.0694. The van der Waals surface area contributed by atoms with Crippen LogP contribution in [0.1, 0.15) is 46.7 Å². The number of alkyl halides is 9. The van der Waals surface area contributed by atoms with Crippen LogP contribution in [0.4, 0.5) is 44.3 Å². The minimum Gasteiger partial charge on any atom is -0.439 e. The van der Waals surface area contributed by atoms with Gasteiger partial charge in [0.15, 0.2) is 0 Å². The molecule has 1 aliphatic heterocycles. The van der Waals surface area contributed by atoms with Crippen LogP contribution in [-0.2, 0) is 29.8 Å². The number of carbonyl (C=O) groups excluding carboxylic acids is 1. The summed E-state index contributed by atoms with van der Waals surface area (Å²) in [5.41, 5.74) is -5.05. The highest BCUT2D eigenvalue weighted by Crippen LogP contribution is 2.41. The van der Waals surface area contributed by atoms with Gasteiger partial charge in [-0.3, -0.25) is 4.90 Å². The van der Waals surface area contributed by atoms with Gasteiger partial charge in [-0.25, -0.2) is 4.79 Å². The average molecular weight is 474 g/mol. The van der Waals surface area contributed by atoms with E-state index >= 15 is 0 Å². The van der Waals surface area contributed by atoms with Crippen molar-refractivity contribution in [1.82, 2.24) is 9.88 Å². The SMILES string of the molecule is Cc1cc(C(F)(F)F)c(CN2C(=O)OC(c3cc(C(F)(F)F)cc(C(F)(F)F)c3)C2C)[nH]1. The van der Waals surface area contributed by atoms with Gasteiger partial charge in [0.05, 0.1) is 29.3 Å². The number of aryl methyl sites for hydroxylation is 1. The first kappa shape index (κ1) is 23.8. The molecule has 1 aromatic carbocycles. The number of nitrogens with zero attached hydrogens (tertiary/aromatic N) is 1. The molecule has 2 atom stereocenters. The molecule has 176 valence electrons. The normalized spacial score (nSPS) is 20.1. The number of hydrogen-bond acceptors (Lipinski definition) is 2. The van der Waals surface area contributed by atoms with Gasteiger partial charge < -0.3 is 9.72 Å². The number of benzene rings is 1. The van der Waals surface area contributed by atoms with Crippen molar-refractivity contribution in [2.24, 2.45) is 0 Å². The van der Waals surface area contributed by atoms with Gasteiger partial charge in [0.1, 0.15) is 6.10 Å². The van der Waals surface area contributed by atoms with Gasteiger partial charge in [0.2, 0.25) is 0 Å². The summed E-state index contributed by atoms with van der Waals surface area (Å²) < 4.78 is 123. The van der Waals surface area contributed by atoms with Crippen molar-refractivity contribution in [2.45, 2.75) is 51.1 Å². The maximum absolute atomic E-state index is 13.2. The Balaban J connectivity index is 1.97. The molecule has 4 nitrogen and oxygen atoms in total. The fraction of sp³-hybridized carbons (Fsp3) is 0.421. The average Bonchev–Trinajstić information content (AvgIpc) is 3.14. The van der Waals surface area contributed by atoms with Crippen molar-refractivity contribution in [3.63, 3.8) is 0 Å². The Hall–Kier alpha value is -2.86. The number of aromatic amines is 1. The minimum atomic E-state index is -5.11. The smallest absolute Gasteiger partial charge is 0.418 e. The van der Waals surface area contributed by atoms with Crippen LogP contribution in [0.15, 0.2) is 24.3 Å². The van der Waals surface area contributed by atoms with Gasteiger partial charge in [0, 0.05) is 11.4 Å². The van der Waals surface area contributed by atoms with Crippen LogP contribution in [0.5, 0.6) is 0 Å². The molecular weight excluding hydrogens is 459 g/mol. The molecule has 0 spiro atoms. The number of carbonyl (C=O) groups is 1. The van der Waals surface area contributed by atoms with E-state index in [9.17, 15) is 44.3 Å². The van der Waals surface area contributed by atoms with Gasteiger partial charge in [0.25, 0.3) is 0 Å². The van der Waals surface area contributed by atoms with Crippen molar-refractivity contribution in [1.29, 1.82) is 0 Å². The van der Waals surface area contributed by atoms with Crippen LogP contribution < -0.4 is 0 Å². The molecule has 0 radical (unpaired) electrons. The van der Waals surface area contributed by atoms with E-state index in [0.29, 0.717) is 12.1 Å². The van der Waals surface area contributed by atoms with E-state index < -0.39 is 65.6 Å². The van der Waals surface area contributed by atoms with E-state index in [-0.39, 0.29) is 17.5 Å². The zero-order valence-electron chi connectivity index (χ0n) is 16.3. The molecular formula is C19H15F9N2O2. The molecule has 13 heteroatoms. The van der Waals surface area contributed by atoms with E-state index in [4.69, 9.17) is 4.74 Å². The highest BCUT2D eigenvalue weighted by atomic mass is 19.4. The third-order valence-electron chi connectivity index (χ3n) is 5.00. The zero-order valence-corrected chi connectivity index (χ0v) is 16.3. The first-order valence-corrected chi connectivity index (χ1v) is 9.01. The Morgan fingerprint density at radius 2 is 1.44 bits per heavy atom. The van der Waals surface area contributed by atoms with E-state index in [1.165, 1.54) is 13.8 Å². The molecule has 2 aromatic rings. The van der Waals surface area contributed by atoms with Crippen molar-refractivity contribution >= 4 is 6.09 Å². The van der Waals surface area contributed by atoms with E-state index in [2.05, 4.69) is 4.98 Å². The first-order chi connectivity index (χ1) is 14.5. The summed E-state index contributed by atoms with van der Waals surface area (Å²) in [4.78, 5) is 15.5. The van der Waals surface area contributed by atoms with Crippen molar-refractivity contribution in [3.05, 3.63) is 57.9 Å². The molecule has 2 heterocycles. The van der Waals surface area contributed by atoms with E-state index in [0.717, 1.165) is 11.0 Å². The molecule has 0 aliphatic carbocycles. The molecule has 1 N–H and O–H groups in total. The summed E-state index contributed by atoms with van der Waals surface area (Å²) in [5.74, 6) is 0. The highest BCUT2D eigenvalue weighted by Gasteiger charge is 2.44. The van der Waals surface area contributed by atoms with Crippen LogP contribution in [0.3, 0.4) is 0 Å². The van der Waals surface area contributed by atoms with E-state index in [1.807, 2.05) is 0 Å². The number of nitrogens with one attached hydrogen (secondary N) is 1. The molecule has 1 saturated heterocycles. The number of halogens is 9. The van der Waals surface area contributed by atoms with Crippen LogP contribution in [0.2, 0.25) is 0 Å². The number of ether oxygens (including phenoxy) is 1. The van der Waals surface area contributed by atoms with Crippen LogP contribution in [-0.4, -0.2) is 22.0 Å². The predicted octanol–water partition coefficient (Wildman–Crippen LogP) is 6.46. The van der Waals surface area contributed by atoms with Crippen molar-refractivity contribution < 1.29 is 49.0 Å². The predicted molar refractivity (Wildman–Crippen MR) is 91.2 cm³/mol. The summed E-state index contributed by atoms with van der Waals surface area (Å²) >= 11 is 0. The summed E-state index contributed by atoms with van der Waals surface area (Å²) in [6.07, 6.45) is -17.7. The van der Waals surface area contributed by atoms with Crippen LogP contribution in [0.25, 0.3) is 0 Å². The second-order valence-corrected chi connectivity index (χ2v) is 7.35. The molecule has 32 heavy (non-hydrogen) atoms. The topological polar surface area (TPSA) is 45.3 Å². The Morgan fingerprint density at radius 1 is 0.906 bits per heavy atom. The lowest BCUT2D eigenvalue weighted by Gasteiger charge is -2.22. The molecule has 2 unspecified atom stereocenters. The lowest BCUT2D eigenvalue weighted by molar-refractivity contribution is -0.143. The second-order valence-electron chi connectivity index (χ2n) is 7.35. The lowest BCUT2D eigenvalue weighted by atomic mass is 9.97. The Bertz CT molecular complexity index is 989. The van der Waals surface area contributed by atoms with Gasteiger partial charge in [-0.15, -0.1) is 0 Å². The number of rotatable bonds is 3. The van der Waals surface area contributed by atoms with Crippen molar-refractivity contribution in [2.75, 3.05) is 0 Å². The van der Waals surface area contributed by atoms with Crippen LogP contribution >= 0.6 is 0 Å². The number of cyclic esters (lactones) is 1. The summed E-state index contributed by atoms with van der Waals surface area (Å²) in [6, 6.07) is 0.443. The third-order valence-corrected chi connectivity index (χ3v) is 5.00. The highest BCUT2D eigenvalue weighted by molar-refractivity contribution is 5.71. The van der Waals surface area contributed by atoms with Gasteiger partial charge in [-0.2, -0.15) is 39.5 Å². The fourth-order valence-electron chi connectivity index (χ4n) is 3.50.